The Hall–Kier alpha value is -3.13. The third kappa shape index (κ3) is 4.17. The van der Waals surface area contributed by atoms with Crippen molar-refractivity contribution in [1.82, 2.24) is 0 Å². The van der Waals surface area contributed by atoms with Crippen LogP contribution in [0.3, 0.4) is 0 Å². The number of rotatable bonds is 5. The van der Waals surface area contributed by atoms with E-state index in [9.17, 15) is 9.59 Å². The summed E-state index contributed by atoms with van der Waals surface area (Å²) in [6, 6.07) is 17.2. The zero-order valence-electron chi connectivity index (χ0n) is 12.7. The van der Waals surface area contributed by atoms with Crippen LogP contribution >= 0.6 is 0 Å². The number of esters is 1. The quantitative estimate of drug-likeness (QED) is 0.796. The zero-order valence-corrected chi connectivity index (χ0v) is 12.7. The molecule has 0 aliphatic carbocycles. The minimum absolute atomic E-state index is 0.291. The molecule has 0 unspecified atom stereocenters. The van der Waals surface area contributed by atoms with Crippen molar-refractivity contribution in [1.29, 1.82) is 5.26 Å². The van der Waals surface area contributed by atoms with Gasteiger partial charge in [0.15, 0.2) is 6.61 Å². The van der Waals surface area contributed by atoms with E-state index in [2.05, 4.69) is 0 Å². The molecule has 0 atom stereocenters. The largest absolute Gasteiger partial charge is 0.452 e. The van der Waals surface area contributed by atoms with Gasteiger partial charge in [0.1, 0.15) is 0 Å². The summed E-state index contributed by atoms with van der Waals surface area (Å²) in [7, 11) is 0. The molecule has 0 spiro atoms. The van der Waals surface area contributed by atoms with Crippen LogP contribution in [0.2, 0.25) is 0 Å². The van der Waals surface area contributed by atoms with E-state index in [1.54, 1.807) is 4.90 Å². The first-order valence-corrected chi connectivity index (χ1v) is 7.18. The number of likely N-dealkylation sites (N-methyl/N-ethyl adjacent to an activating group) is 1. The first-order chi connectivity index (χ1) is 11.2. The first kappa shape index (κ1) is 16.2. The van der Waals surface area contributed by atoms with Crippen molar-refractivity contribution >= 4 is 17.6 Å². The number of carbonyl (C=O) groups is 2. The smallest absolute Gasteiger partial charge is 0.338 e. The highest BCUT2D eigenvalue weighted by Gasteiger charge is 2.16. The Morgan fingerprint density at radius 1 is 1.09 bits per heavy atom. The predicted molar refractivity (Wildman–Crippen MR) is 85.9 cm³/mol. The van der Waals surface area contributed by atoms with Crippen LogP contribution in [0.15, 0.2) is 54.6 Å². The maximum Gasteiger partial charge on any atom is 0.338 e. The van der Waals surface area contributed by atoms with Gasteiger partial charge < -0.3 is 9.64 Å². The SMILES string of the molecule is CCN(C(=O)COC(=O)c1ccc(C#N)cc1)c1ccccc1. The summed E-state index contributed by atoms with van der Waals surface area (Å²) in [5.41, 5.74) is 1.52. The summed E-state index contributed by atoms with van der Waals surface area (Å²) in [5.74, 6) is -0.882. The van der Waals surface area contributed by atoms with Crippen molar-refractivity contribution in [2.24, 2.45) is 0 Å². The Kier molecular flexibility index (Phi) is 5.48. The number of carbonyl (C=O) groups excluding carboxylic acids is 2. The molecule has 0 fully saturated rings. The molecule has 0 radical (unpaired) electrons. The van der Waals surface area contributed by atoms with Crippen LogP contribution < -0.4 is 4.90 Å². The Labute approximate surface area is 134 Å². The first-order valence-electron chi connectivity index (χ1n) is 7.18. The third-order valence-corrected chi connectivity index (χ3v) is 3.26. The van der Waals surface area contributed by atoms with E-state index in [4.69, 9.17) is 10.00 Å². The maximum absolute atomic E-state index is 12.2. The third-order valence-electron chi connectivity index (χ3n) is 3.26. The van der Waals surface area contributed by atoms with Gasteiger partial charge >= 0.3 is 5.97 Å². The van der Waals surface area contributed by atoms with Crippen LogP contribution in [0, 0.1) is 11.3 Å². The Balaban J connectivity index is 1.97. The fraction of sp³-hybridized carbons (Fsp3) is 0.167. The summed E-state index contributed by atoms with van der Waals surface area (Å²) in [4.78, 5) is 25.7. The molecule has 2 aromatic rings. The van der Waals surface area contributed by atoms with Crippen molar-refractivity contribution < 1.29 is 14.3 Å². The normalized spacial score (nSPS) is 9.74. The highest BCUT2D eigenvalue weighted by atomic mass is 16.5. The molecule has 2 aromatic carbocycles. The minimum Gasteiger partial charge on any atom is -0.452 e. The highest BCUT2D eigenvalue weighted by Crippen LogP contribution is 2.13. The lowest BCUT2D eigenvalue weighted by molar-refractivity contribution is -0.121. The molecule has 1 amide bonds. The standard InChI is InChI=1S/C18H16N2O3/c1-2-20(16-6-4-3-5-7-16)17(21)13-23-18(22)15-10-8-14(12-19)9-11-15/h3-11H,2,13H2,1H3. The fourth-order valence-electron chi connectivity index (χ4n) is 2.08. The molecular weight excluding hydrogens is 292 g/mol. The van der Waals surface area contributed by atoms with Gasteiger partial charge in [-0.2, -0.15) is 5.26 Å². The average molecular weight is 308 g/mol. The van der Waals surface area contributed by atoms with Crippen LogP contribution in [0.1, 0.15) is 22.8 Å². The van der Waals surface area contributed by atoms with E-state index >= 15 is 0 Å². The molecule has 5 heteroatoms. The molecule has 2 rings (SSSR count). The van der Waals surface area contributed by atoms with E-state index < -0.39 is 5.97 Å². The number of nitrogens with zero attached hydrogens (tertiary/aromatic N) is 2. The topological polar surface area (TPSA) is 70.4 Å². The Bertz CT molecular complexity index is 718. The zero-order chi connectivity index (χ0) is 16.7. The Morgan fingerprint density at radius 3 is 2.30 bits per heavy atom. The second-order valence-corrected chi connectivity index (χ2v) is 4.74. The van der Waals surface area contributed by atoms with E-state index in [0.717, 1.165) is 5.69 Å². The number of benzene rings is 2. The lowest BCUT2D eigenvalue weighted by atomic mass is 10.1. The van der Waals surface area contributed by atoms with Gasteiger partial charge in [0.25, 0.3) is 5.91 Å². The molecule has 0 aliphatic rings. The lowest BCUT2D eigenvalue weighted by Crippen LogP contribution is -2.34. The number of anilines is 1. The van der Waals surface area contributed by atoms with Gasteiger partial charge in [-0.25, -0.2) is 4.79 Å². The van der Waals surface area contributed by atoms with Gasteiger partial charge in [0, 0.05) is 12.2 Å². The summed E-state index contributed by atoms with van der Waals surface area (Å²) < 4.78 is 5.05. The molecule has 5 nitrogen and oxygen atoms in total. The predicted octanol–water partition coefficient (Wildman–Crippen LogP) is 2.77. The van der Waals surface area contributed by atoms with Crippen molar-refractivity contribution in [2.45, 2.75) is 6.92 Å². The Morgan fingerprint density at radius 2 is 1.74 bits per heavy atom. The molecule has 0 heterocycles. The van der Waals surface area contributed by atoms with E-state index in [0.29, 0.717) is 17.7 Å². The second-order valence-electron chi connectivity index (χ2n) is 4.74. The molecular formula is C18H16N2O3. The van der Waals surface area contributed by atoms with Crippen molar-refractivity contribution in [2.75, 3.05) is 18.1 Å². The van der Waals surface area contributed by atoms with Crippen molar-refractivity contribution in [3.8, 4) is 6.07 Å². The van der Waals surface area contributed by atoms with Crippen LogP contribution in [-0.2, 0) is 9.53 Å². The van der Waals surface area contributed by atoms with Crippen LogP contribution in [-0.4, -0.2) is 25.0 Å². The number of hydrogen-bond donors (Lipinski definition) is 0. The lowest BCUT2D eigenvalue weighted by Gasteiger charge is -2.20. The van der Waals surface area contributed by atoms with E-state index in [1.165, 1.54) is 24.3 Å². The van der Waals surface area contributed by atoms with E-state index in [-0.39, 0.29) is 12.5 Å². The van der Waals surface area contributed by atoms with Crippen molar-refractivity contribution in [3.05, 3.63) is 65.7 Å². The molecule has 0 saturated carbocycles. The van der Waals surface area contributed by atoms with Crippen molar-refractivity contribution in [3.63, 3.8) is 0 Å². The highest BCUT2D eigenvalue weighted by molar-refractivity contribution is 5.97. The number of hydrogen-bond acceptors (Lipinski definition) is 4. The average Bonchev–Trinajstić information content (AvgIpc) is 2.61. The van der Waals surface area contributed by atoms with Gasteiger partial charge in [-0.15, -0.1) is 0 Å². The van der Waals surface area contributed by atoms with Crippen LogP contribution in [0.5, 0.6) is 0 Å². The maximum atomic E-state index is 12.2. The number of para-hydroxylation sites is 1. The molecule has 116 valence electrons. The molecule has 23 heavy (non-hydrogen) atoms. The minimum atomic E-state index is -0.591. The second kappa shape index (κ2) is 7.76. The number of nitriles is 1. The molecule has 0 saturated heterocycles. The summed E-state index contributed by atoms with van der Waals surface area (Å²) in [6.45, 7) is 2.01. The van der Waals surface area contributed by atoms with Gasteiger partial charge in [-0.05, 0) is 43.3 Å². The van der Waals surface area contributed by atoms with Gasteiger partial charge in [-0.3, -0.25) is 4.79 Å². The molecule has 0 N–H and O–H groups in total. The number of ether oxygens (including phenoxy) is 1. The van der Waals surface area contributed by atoms with Crippen LogP contribution in [0.4, 0.5) is 5.69 Å². The molecule has 0 aliphatic heterocycles. The summed E-state index contributed by atoms with van der Waals surface area (Å²) in [5, 5.41) is 8.72. The number of amides is 1. The fourth-order valence-corrected chi connectivity index (χ4v) is 2.08. The molecule has 0 aromatic heterocycles. The summed E-state index contributed by atoms with van der Waals surface area (Å²) >= 11 is 0. The van der Waals surface area contributed by atoms with Gasteiger partial charge in [0.05, 0.1) is 17.2 Å². The van der Waals surface area contributed by atoms with E-state index in [1.807, 2.05) is 43.3 Å². The van der Waals surface area contributed by atoms with Crippen LogP contribution in [0.25, 0.3) is 0 Å². The summed E-state index contributed by atoms with van der Waals surface area (Å²) in [6.07, 6.45) is 0. The van der Waals surface area contributed by atoms with Gasteiger partial charge in [-0.1, -0.05) is 18.2 Å². The monoisotopic (exact) mass is 308 g/mol. The molecule has 0 bridgehead atoms. The van der Waals surface area contributed by atoms with Gasteiger partial charge in [0.2, 0.25) is 0 Å².